The fourth-order valence-corrected chi connectivity index (χ4v) is 3.89. The highest BCUT2D eigenvalue weighted by molar-refractivity contribution is 9.10. The van der Waals surface area contributed by atoms with Crippen LogP contribution in [-0.2, 0) is 0 Å². The fraction of sp³-hybridized carbons (Fsp3) is 0.471. The van der Waals surface area contributed by atoms with Crippen LogP contribution in [0.4, 0.5) is 0 Å². The van der Waals surface area contributed by atoms with Gasteiger partial charge >= 0.3 is 0 Å². The Balaban J connectivity index is 1.82. The van der Waals surface area contributed by atoms with Crippen LogP contribution in [0.2, 0.25) is 0 Å². The first-order valence-electron chi connectivity index (χ1n) is 7.55. The number of nitrogens with two attached hydrogens (primary N) is 1. The third kappa shape index (κ3) is 3.04. The lowest BCUT2D eigenvalue weighted by molar-refractivity contribution is 0.317. The maximum absolute atomic E-state index is 6.43. The smallest absolute Gasteiger partial charge is 0.0720 e. The summed E-state index contributed by atoms with van der Waals surface area (Å²) in [5, 5.41) is 1.16. The number of benzene rings is 1. The minimum absolute atomic E-state index is 0.0390. The van der Waals surface area contributed by atoms with Gasteiger partial charge in [0.1, 0.15) is 0 Å². The molecule has 3 heteroatoms. The summed E-state index contributed by atoms with van der Waals surface area (Å²) in [5.41, 5.74) is 8.47. The first kappa shape index (κ1) is 14.0. The number of pyridine rings is 1. The molecule has 1 fully saturated rings. The zero-order valence-electron chi connectivity index (χ0n) is 11.7. The van der Waals surface area contributed by atoms with E-state index in [1.54, 1.807) is 0 Å². The quantitative estimate of drug-likeness (QED) is 0.861. The lowest BCUT2D eigenvalue weighted by Crippen LogP contribution is -2.19. The molecule has 1 aliphatic rings. The van der Waals surface area contributed by atoms with Crippen molar-refractivity contribution in [2.75, 3.05) is 0 Å². The van der Waals surface area contributed by atoms with E-state index in [1.165, 1.54) is 32.1 Å². The predicted octanol–water partition coefficient (Wildman–Crippen LogP) is 4.97. The van der Waals surface area contributed by atoms with E-state index in [2.05, 4.69) is 34.1 Å². The number of hydrogen-bond donors (Lipinski definition) is 1. The van der Waals surface area contributed by atoms with Crippen LogP contribution in [0, 0.1) is 5.92 Å². The first-order chi connectivity index (χ1) is 9.74. The third-order valence-electron chi connectivity index (χ3n) is 4.37. The maximum atomic E-state index is 6.43. The molecular formula is C17H21BrN2. The monoisotopic (exact) mass is 332 g/mol. The molecule has 1 aromatic carbocycles. The normalized spacial score (nSPS) is 18.3. The van der Waals surface area contributed by atoms with Gasteiger partial charge in [0.15, 0.2) is 0 Å². The van der Waals surface area contributed by atoms with Gasteiger partial charge in [-0.05, 0) is 40.4 Å². The second kappa shape index (κ2) is 6.23. The van der Waals surface area contributed by atoms with Gasteiger partial charge in [-0.2, -0.15) is 0 Å². The predicted molar refractivity (Wildman–Crippen MR) is 87.6 cm³/mol. The van der Waals surface area contributed by atoms with Crippen molar-refractivity contribution < 1.29 is 0 Å². The molecule has 0 aliphatic heterocycles. The molecular weight excluding hydrogens is 312 g/mol. The minimum Gasteiger partial charge on any atom is -0.323 e. The summed E-state index contributed by atoms with van der Waals surface area (Å²) in [7, 11) is 0. The van der Waals surface area contributed by atoms with Crippen molar-refractivity contribution in [2.45, 2.75) is 44.6 Å². The third-order valence-corrected chi connectivity index (χ3v) is 5.00. The van der Waals surface area contributed by atoms with E-state index in [0.717, 1.165) is 33.4 Å². The average Bonchev–Trinajstić information content (AvgIpc) is 2.47. The van der Waals surface area contributed by atoms with Crippen LogP contribution in [0.3, 0.4) is 0 Å². The number of nitrogens with zero attached hydrogens (tertiary/aromatic N) is 1. The molecule has 3 rings (SSSR count). The topological polar surface area (TPSA) is 38.9 Å². The molecule has 1 aromatic heterocycles. The van der Waals surface area contributed by atoms with Gasteiger partial charge in [-0.25, -0.2) is 4.98 Å². The highest BCUT2D eigenvalue weighted by atomic mass is 79.9. The van der Waals surface area contributed by atoms with Gasteiger partial charge < -0.3 is 5.73 Å². The van der Waals surface area contributed by atoms with E-state index >= 15 is 0 Å². The van der Waals surface area contributed by atoms with Gasteiger partial charge in [-0.1, -0.05) is 50.3 Å². The number of aromatic nitrogens is 1. The highest BCUT2D eigenvalue weighted by Crippen LogP contribution is 2.33. The lowest BCUT2D eigenvalue weighted by atomic mass is 9.84. The molecule has 1 heterocycles. The largest absolute Gasteiger partial charge is 0.323 e. The summed E-state index contributed by atoms with van der Waals surface area (Å²) in [6.07, 6.45) is 7.85. The van der Waals surface area contributed by atoms with Crippen molar-refractivity contribution in [2.24, 2.45) is 11.7 Å². The molecule has 0 spiro atoms. The van der Waals surface area contributed by atoms with Crippen LogP contribution >= 0.6 is 15.9 Å². The molecule has 2 N–H and O–H groups in total. The van der Waals surface area contributed by atoms with Gasteiger partial charge in [0.2, 0.25) is 0 Å². The Kier molecular flexibility index (Phi) is 4.37. The van der Waals surface area contributed by atoms with E-state index < -0.39 is 0 Å². The second-order valence-corrected chi connectivity index (χ2v) is 6.75. The molecule has 1 saturated carbocycles. The Bertz CT molecular complexity index is 591. The fourth-order valence-electron chi connectivity index (χ4n) is 3.26. The molecule has 0 amide bonds. The number of halogens is 1. The Morgan fingerprint density at radius 3 is 2.75 bits per heavy atom. The molecule has 1 unspecified atom stereocenters. The summed E-state index contributed by atoms with van der Waals surface area (Å²) in [6.45, 7) is 0. The Morgan fingerprint density at radius 1 is 1.20 bits per heavy atom. The van der Waals surface area contributed by atoms with E-state index in [1.807, 2.05) is 12.1 Å². The first-order valence-corrected chi connectivity index (χ1v) is 8.34. The zero-order chi connectivity index (χ0) is 13.9. The summed E-state index contributed by atoms with van der Waals surface area (Å²) >= 11 is 3.64. The Labute approximate surface area is 128 Å². The second-order valence-electron chi connectivity index (χ2n) is 5.89. The van der Waals surface area contributed by atoms with Crippen molar-refractivity contribution in [1.29, 1.82) is 0 Å². The van der Waals surface area contributed by atoms with Crippen LogP contribution in [0.5, 0.6) is 0 Å². The van der Waals surface area contributed by atoms with E-state index in [-0.39, 0.29) is 6.04 Å². The highest BCUT2D eigenvalue weighted by Gasteiger charge is 2.20. The van der Waals surface area contributed by atoms with Crippen molar-refractivity contribution in [3.63, 3.8) is 0 Å². The van der Waals surface area contributed by atoms with Crippen molar-refractivity contribution in [3.8, 4) is 0 Å². The summed E-state index contributed by atoms with van der Waals surface area (Å²) < 4.78 is 1.04. The van der Waals surface area contributed by atoms with Gasteiger partial charge in [-0.3, -0.25) is 0 Å². The zero-order valence-corrected chi connectivity index (χ0v) is 13.3. The summed E-state index contributed by atoms with van der Waals surface area (Å²) in [6, 6.07) is 10.4. The molecule has 2 aromatic rings. The standard InChI is InChI=1S/C17H21BrN2/c18-14-11-13-8-4-5-9-16(13)20-17(14)15(19)10-12-6-2-1-3-7-12/h4-5,8-9,11-12,15H,1-3,6-7,10,19H2. The molecule has 0 radical (unpaired) electrons. The van der Waals surface area contributed by atoms with E-state index in [9.17, 15) is 0 Å². The van der Waals surface area contributed by atoms with Crippen molar-refractivity contribution in [3.05, 3.63) is 40.5 Å². The van der Waals surface area contributed by atoms with Gasteiger partial charge in [-0.15, -0.1) is 0 Å². The average molecular weight is 333 g/mol. The van der Waals surface area contributed by atoms with Gasteiger partial charge in [0.05, 0.1) is 11.2 Å². The van der Waals surface area contributed by atoms with Crippen molar-refractivity contribution in [1.82, 2.24) is 4.98 Å². The summed E-state index contributed by atoms with van der Waals surface area (Å²) in [4.78, 5) is 4.77. The van der Waals surface area contributed by atoms with Crippen LogP contribution in [-0.4, -0.2) is 4.98 Å². The molecule has 2 nitrogen and oxygen atoms in total. The number of rotatable bonds is 3. The number of para-hydroxylation sites is 1. The molecule has 1 aliphatic carbocycles. The van der Waals surface area contributed by atoms with Gasteiger partial charge in [0, 0.05) is 15.9 Å². The van der Waals surface area contributed by atoms with Crippen molar-refractivity contribution >= 4 is 26.8 Å². The molecule has 0 saturated heterocycles. The Morgan fingerprint density at radius 2 is 1.95 bits per heavy atom. The lowest BCUT2D eigenvalue weighted by Gasteiger charge is -2.24. The van der Waals surface area contributed by atoms with Crippen LogP contribution in [0.15, 0.2) is 34.8 Å². The summed E-state index contributed by atoms with van der Waals surface area (Å²) in [5.74, 6) is 0.777. The maximum Gasteiger partial charge on any atom is 0.0720 e. The molecule has 106 valence electrons. The molecule has 0 bridgehead atoms. The Hall–Kier alpha value is -0.930. The van der Waals surface area contributed by atoms with Crippen LogP contribution in [0.25, 0.3) is 10.9 Å². The molecule has 1 atom stereocenters. The number of hydrogen-bond acceptors (Lipinski definition) is 2. The van der Waals surface area contributed by atoms with Crippen LogP contribution in [0.1, 0.15) is 50.3 Å². The SMILES string of the molecule is NC(CC1CCCCC1)c1nc2ccccc2cc1Br. The molecule has 20 heavy (non-hydrogen) atoms. The minimum atomic E-state index is 0.0390. The van der Waals surface area contributed by atoms with E-state index in [0.29, 0.717) is 0 Å². The number of fused-ring (bicyclic) bond motifs is 1. The van der Waals surface area contributed by atoms with Gasteiger partial charge in [0.25, 0.3) is 0 Å². The van der Waals surface area contributed by atoms with Crippen LogP contribution < -0.4 is 5.73 Å². The van der Waals surface area contributed by atoms with E-state index in [4.69, 9.17) is 10.7 Å².